The van der Waals surface area contributed by atoms with E-state index in [9.17, 15) is 9.90 Å². The van der Waals surface area contributed by atoms with Crippen molar-refractivity contribution in [3.63, 3.8) is 0 Å². The van der Waals surface area contributed by atoms with E-state index in [1.165, 1.54) is 0 Å². The van der Waals surface area contributed by atoms with Gasteiger partial charge in [-0.05, 0) is 52.4 Å². The van der Waals surface area contributed by atoms with Crippen LogP contribution in [0.1, 0.15) is 60.8 Å². The van der Waals surface area contributed by atoms with Gasteiger partial charge in [0.05, 0.1) is 6.10 Å². The first-order chi connectivity index (χ1) is 9.38. The zero-order valence-corrected chi connectivity index (χ0v) is 14.3. The topological polar surface area (TPSA) is 58.6 Å². The average molecular weight is 297 g/mol. The first-order valence-electron chi connectivity index (χ1n) is 7.70. The SMILES string of the molecule is C=C[C@@H]1[C@H](O)CC(C)(C)CC[C@]1(C)NC(=O)OC(C)(C)C. The van der Waals surface area contributed by atoms with E-state index >= 15 is 0 Å². The lowest BCUT2D eigenvalue weighted by molar-refractivity contribution is 0.0318. The quantitative estimate of drug-likeness (QED) is 0.604. The molecule has 0 bridgehead atoms. The predicted octanol–water partition coefficient (Wildman–Crippen LogP) is 3.64. The highest BCUT2D eigenvalue weighted by atomic mass is 16.6. The van der Waals surface area contributed by atoms with Gasteiger partial charge in [-0.3, -0.25) is 0 Å². The van der Waals surface area contributed by atoms with Gasteiger partial charge in [-0.1, -0.05) is 19.9 Å². The van der Waals surface area contributed by atoms with Gasteiger partial charge in [0.2, 0.25) is 0 Å². The highest BCUT2D eigenvalue weighted by molar-refractivity contribution is 5.69. The van der Waals surface area contributed by atoms with E-state index < -0.39 is 23.3 Å². The normalized spacial score (nSPS) is 32.9. The summed E-state index contributed by atoms with van der Waals surface area (Å²) in [5.74, 6) is -0.188. The fourth-order valence-corrected chi connectivity index (χ4v) is 3.08. The van der Waals surface area contributed by atoms with E-state index in [4.69, 9.17) is 4.74 Å². The molecule has 0 aromatic carbocycles. The van der Waals surface area contributed by atoms with Gasteiger partial charge in [0.1, 0.15) is 5.60 Å². The molecule has 0 unspecified atom stereocenters. The number of hydrogen-bond acceptors (Lipinski definition) is 3. The maximum absolute atomic E-state index is 12.1. The fraction of sp³-hybridized carbons (Fsp3) is 0.824. The Labute approximate surface area is 129 Å². The molecule has 1 aliphatic rings. The van der Waals surface area contributed by atoms with Crippen LogP contribution >= 0.6 is 0 Å². The lowest BCUT2D eigenvalue weighted by atomic mass is 9.80. The summed E-state index contributed by atoms with van der Waals surface area (Å²) in [6.07, 6.45) is 3.22. The lowest BCUT2D eigenvalue weighted by Crippen LogP contribution is -2.54. The van der Waals surface area contributed by atoms with Crippen molar-refractivity contribution in [2.24, 2.45) is 11.3 Å². The van der Waals surface area contributed by atoms with Crippen LogP contribution in [0.5, 0.6) is 0 Å². The first-order valence-corrected chi connectivity index (χ1v) is 7.70. The van der Waals surface area contributed by atoms with E-state index in [2.05, 4.69) is 25.7 Å². The second-order valence-corrected chi connectivity index (χ2v) is 8.24. The van der Waals surface area contributed by atoms with Crippen LogP contribution in [0, 0.1) is 11.3 Å². The van der Waals surface area contributed by atoms with Crippen molar-refractivity contribution >= 4 is 6.09 Å². The third kappa shape index (κ3) is 5.03. The van der Waals surface area contributed by atoms with Crippen molar-refractivity contribution in [3.05, 3.63) is 12.7 Å². The van der Waals surface area contributed by atoms with Crippen LogP contribution in [0.4, 0.5) is 4.79 Å². The Morgan fingerprint density at radius 2 is 1.90 bits per heavy atom. The number of carbonyl (C=O) groups is 1. The number of alkyl carbamates (subject to hydrolysis) is 1. The molecular weight excluding hydrogens is 266 g/mol. The van der Waals surface area contributed by atoms with Crippen molar-refractivity contribution < 1.29 is 14.6 Å². The van der Waals surface area contributed by atoms with Crippen LogP contribution in [-0.4, -0.2) is 28.4 Å². The molecule has 4 nitrogen and oxygen atoms in total. The monoisotopic (exact) mass is 297 g/mol. The molecule has 0 aromatic rings. The maximum atomic E-state index is 12.1. The van der Waals surface area contributed by atoms with Crippen molar-refractivity contribution in [2.45, 2.75) is 78.0 Å². The minimum Gasteiger partial charge on any atom is -0.444 e. The smallest absolute Gasteiger partial charge is 0.408 e. The Hall–Kier alpha value is -1.03. The Balaban J connectivity index is 2.93. The summed E-state index contributed by atoms with van der Waals surface area (Å²) in [5.41, 5.74) is -1.03. The van der Waals surface area contributed by atoms with Gasteiger partial charge >= 0.3 is 6.09 Å². The summed E-state index contributed by atoms with van der Waals surface area (Å²) in [7, 11) is 0. The van der Waals surface area contributed by atoms with Crippen LogP contribution in [0.25, 0.3) is 0 Å². The van der Waals surface area contributed by atoms with E-state index in [-0.39, 0.29) is 11.3 Å². The molecule has 3 atom stereocenters. The number of amides is 1. The Morgan fingerprint density at radius 1 is 1.33 bits per heavy atom. The summed E-state index contributed by atoms with van der Waals surface area (Å²) in [6, 6.07) is 0. The summed E-state index contributed by atoms with van der Waals surface area (Å²) in [6.45, 7) is 15.6. The highest BCUT2D eigenvalue weighted by Gasteiger charge is 2.44. The van der Waals surface area contributed by atoms with Gasteiger partial charge in [0.15, 0.2) is 0 Å². The van der Waals surface area contributed by atoms with Crippen LogP contribution < -0.4 is 5.32 Å². The summed E-state index contributed by atoms with van der Waals surface area (Å²) >= 11 is 0. The number of ether oxygens (including phenoxy) is 1. The number of aliphatic hydroxyl groups is 1. The maximum Gasteiger partial charge on any atom is 0.408 e. The number of aliphatic hydroxyl groups excluding tert-OH is 1. The summed E-state index contributed by atoms with van der Waals surface area (Å²) in [5, 5.41) is 13.5. The molecule has 0 spiro atoms. The Bertz CT molecular complexity index is 397. The van der Waals surface area contributed by atoms with E-state index in [1.807, 2.05) is 27.7 Å². The number of rotatable bonds is 2. The second kappa shape index (κ2) is 5.99. The van der Waals surface area contributed by atoms with Gasteiger partial charge in [-0.2, -0.15) is 0 Å². The molecule has 0 aliphatic heterocycles. The van der Waals surface area contributed by atoms with Crippen molar-refractivity contribution in [1.82, 2.24) is 5.32 Å². The molecule has 0 aromatic heterocycles. The molecule has 1 fully saturated rings. The lowest BCUT2D eigenvalue weighted by Gasteiger charge is -2.38. The molecule has 0 saturated heterocycles. The molecule has 0 heterocycles. The summed E-state index contributed by atoms with van der Waals surface area (Å²) < 4.78 is 5.36. The van der Waals surface area contributed by atoms with Gasteiger partial charge in [-0.25, -0.2) is 4.79 Å². The third-order valence-electron chi connectivity index (χ3n) is 4.27. The highest BCUT2D eigenvalue weighted by Crippen LogP contribution is 2.41. The molecule has 1 amide bonds. The number of carbonyl (C=O) groups excluding carboxylic acids is 1. The molecule has 1 rings (SSSR count). The minimum absolute atomic E-state index is 0.0497. The Morgan fingerprint density at radius 3 is 2.38 bits per heavy atom. The first kappa shape index (κ1) is 18.0. The van der Waals surface area contributed by atoms with Gasteiger partial charge in [-0.15, -0.1) is 6.58 Å². The number of hydrogen-bond donors (Lipinski definition) is 2. The van der Waals surface area contributed by atoms with Crippen molar-refractivity contribution in [1.29, 1.82) is 0 Å². The average Bonchev–Trinajstić information content (AvgIpc) is 2.30. The predicted molar refractivity (Wildman–Crippen MR) is 85.1 cm³/mol. The Kier molecular flexibility index (Phi) is 5.14. The summed E-state index contributed by atoms with van der Waals surface area (Å²) in [4.78, 5) is 12.1. The molecule has 0 radical (unpaired) electrons. The van der Waals surface area contributed by atoms with Crippen LogP contribution in [0.2, 0.25) is 0 Å². The molecular formula is C17H31NO3. The van der Waals surface area contributed by atoms with Crippen LogP contribution in [0.3, 0.4) is 0 Å². The zero-order chi connectivity index (χ0) is 16.5. The van der Waals surface area contributed by atoms with Crippen LogP contribution in [-0.2, 0) is 4.74 Å². The number of nitrogens with one attached hydrogen (secondary N) is 1. The fourth-order valence-electron chi connectivity index (χ4n) is 3.08. The van der Waals surface area contributed by atoms with E-state index in [1.54, 1.807) is 6.08 Å². The molecule has 1 aliphatic carbocycles. The van der Waals surface area contributed by atoms with E-state index in [0.717, 1.165) is 12.8 Å². The molecule has 1 saturated carbocycles. The largest absolute Gasteiger partial charge is 0.444 e. The van der Waals surface area contributed by atoms with E-state index in [0.29, 0.717) is 6.42 Å². The van der Waals surface area contributed by atoms with Gasteiger partial charge in [0, 0.05) is 11.5 Å². The third-order valence-corrected chi connectivity index (χ3v) is 4.27. The van der Waals surface area contributed by atoms with Crippen molar-refractivity contribution in [2.75, 3.05) is 0 Å². The zero-order valence-electron chi connectivity index (χ0n) is 14.3. The molecule has 2 N–H and O–H groups in total. The molecule has 4 heteroatoms. The second-order valence-electron chi connectivity index (χ2n) is 8.24. The minimum atomic E-state index is -0.544. The standard InChI is InChI=1S/C17H31NO3/c1-8-12-13(19)11-16(5,6)9-10-17(12,7)18-14(20)21-15(2,3)4/h8,12-13,19H,1,9-11H2,2-7H3,(H,18,20)/t12-,13-,17+/m1/s1. The van der Waals surface area contributed by atoms with Gasteiger partial charge < -0.3 is 15.2 Å². The van der Waals surface area contributed by atoms with Gasteiger partial charge in [0.25, 0.3) is 0 Å². The van der Waals surface area contributed by atoms with Crippen LogP contribution in [0.15, 0.2) is 12.7 Å². The van der Waals surface area contributed by atoms with Crippen molar-refractivity contribution in [3.8, 4) is 0 Å². The molecule has 122 valence electrons. The molecule has 21 heavy (non-hydrogen) atoms.